The van der Waals surface area contributed by atoms with E-state index in [2.05, 4.69) is 53.4 Å². The zero-order valence-electron chi connectivity index (χ0n) is 15.9. The molecule has 0 saturated heterocycles. The van der Waals surface area contributed by atoms with Gasteiger partial charge >= 0.3 is 0 Å². The van der Waals surface area contributed by atoms with Gasteiger partial charge in [0.2, 0.25) is 0 Å². The molecule has 0 saturated carbocycles. The van der Waals surface area contributed by atoms with Crippen LogP contribution in [0.15, 0.2) is 43.0 Å². The van der Waals surface area contributed by atoms with Gasteiger partial charge in [-0.15, -0.1) is 10.2 Å². The molecule has 0 aliphatic carbocycles. The van der Waals surface area contributed by atoms with Crippen molar-refractivity contribution in [1.82, 2.24) is 25.1 Å². The molecule has 0 aliphatic rings. The van der Waals surface area contributed by atoms with Gasteiger partial charge in [0.05, 0.1) is 16.1 Å². The number of H-pyrrole nitrogens is 1. The molecule has 4 rings (SSSR count). The van der Waals surface area contributed by atoms with Crippen LogP contribution in [0.4, 0.5) is 0 Å². The van der Waals surface area contributed by atoms with Crippen molar-refractivity contribution < 1.29 is 4.79 Å². The maximum absolute atomic E-state index is 12.7. The first-order chi connectivity index (χ1) is 13.4. The van der Waals surface area contributed by atoms with Crippen molar-refractivity contribution in [2.75, 3.05) is 0 Å². The highest BCUT2D eigenvalue weighted by atomic mass is 35.5. The van der Waals surface area contributed by atoms with E-state index in [0.717, 1.165) is 28.0 Å². The largest absolute Gasteiger partial charge is 0.358 e. The molecule has 2 N–H and O–H groups in total. The fourth-order valence-electron chi connectivity index (χ4n) is 3.38. The number of nitrogens with one attached hydrogen (secondary N) is 2. The van der Waals surface area contributed by atoms with Crippen LogP contribution in [0.5, 0.6) is 0 Å². The molecule has 0 fully saturated rings. The number of aromatic nitrogens is 4. The number of hydrogen-bond donors (Lipinski definition) is 2. The van der Waals surface area contributed by atoms with Gasteiger partial charge in [0.25, 0.3) is 5.91 Å². The maximum atomic E-state index is 12.7. The SMILES string of the molecule is Cc1cc(CNC(=O)c2ccc(-n3cnnc3)cc2Cl)c2[nH]c(C)c(C)c2c1. The van der Waals surface area contributed by atoms with Crippen LogP contribution in [-0.2, 0) is 6.54 Å². The monoisotopic (exact) mass is 393 g/mol. The van der Waals surface area contributed by atoms with Crippen molar-refractivity contribution in [3.8, 4) is 5.69 Å². The molecule has 2 aromatic carbocycles. The van der Waals surface area contributed by atoms with Crippen molar-refractivity contribution in [3.63, 3.8) is 0 Å². The molecule has 142 valence electrons. The van der Waals surface area contributed by atoms with Crippen LogP contribution in [0, 0.1) is 20.8 Å². The van der Waals surface area contributed by atoms with Gasteiger partial charge in [0, 0.05) is 23.3 Å². The first-order valence-corrected chi connectivity index (χ1v) is 9.33. The van der Waals surface area contributed by atoms with Crippen LogP contribution in [0.2, 0.25) is 5.02 Å². The quantitative estimate of drug-likeness (QED) is 0.544. The van der Waals surface area contributed by atoms with E-state index in [1.165, 1.54) is 10.9 Å². The van der Waals surface area contributed by atoms with E-state index in [1.807, 2.05) is 6.07 Å². The average Bonchev–Trinajstić information content (AvgIpc) is 3.29. The number of rotatable bonds is 4. The van der Waals surface area contributed by atoms with Gasteiger partial charge in [-0.3, -0.25) is 9.36 Å². The van der Waals surface area contributed by atoms with Crippen LogP contribution in [-0.4, -0.2) is 25.7 Å². The van der Waals surface area contributed by atoms with Crippen LogP contribution < -0.4 is 5.32 Å². The molecule has 0 bridgehead atoms. The number of amides is 1. The molecular formula is C21H20ClN5O. The number of fused-ring (bicyclic) bond motifs is 1. The summed E-state index contributed by atoms with van der Waals surface area (Å²) in [7, 11) is 0. The Bertz CT molecular complexity index is 1180. The standard InChI is InChI=1S/C21H20ClN5O/c1-12-6-15(20-18(7-12)13(2)14(3)26-20)9-23-21(28)17-5-4-16(8-19(17)22)27-10-24-25-11-27/h4-8,10-11,26H,9H2,1-3H3,(H,23,28). The zero-order valence-corrected chi connectivity index (χ0v) is 16.6. The number of halogens is 1. The van der Waals surface area contributed by atoms with E-state index in [-0.39, 0.29) is 5.91 Å². The normalized spacial score (nSPS) is 11.1. The fraction of sp³-hybridized carbons (Fsp3) is 0.190. The Hall–Kier alpha value is -3.12. The Morgan fingerprint density at radius 2 is 1.89 bits per heavy atom. The molecule has 28 heavy (non-hydrogen) atoms. The summed E-state index contributed by atoms with van der Waals surface area (Å²) in [6.07, 6.45) is 3.16. The van der Waals surface area contributed by atoms with Crippen molar-refractivity contribution in [2.24, 2.45) is 0 Å². The summed E-state index contributed by atoms with van der Waals surface area (Å²) in [5.74, 6) is -0.213. The zero-order chi connectivity index (χ0) is 19.8. The van der Waals surface area contributed by atoms with Crippen LogP contribution in [0.25, 0.3) is 16.6 Å². The Morgan fingerprint density at radius 1 is 1.14 bits per heavy atom. The second-order valence-electron chi connectivity index (χ2n) is 6.94. The predicted molar refractivity (Wildman–Crippen MR) is 110 cm³/mol. The summed E-state index contributed by atoms with van der Waals surface area (Å²) < 4.78 is 1.73. The lowest BCUT2D eigenvalue weighted by molar-refractivity contribution is 0.0951. The highest BCUT2D eigenvalue weighted by molar-refractivity contribution is 6.34. The molecule has 0 unspecified atom stereocenters. The number of aryl methyl sites for hydroxylation is 3. The van der Waals surface area contributed by atoms with E-state index < -0.39 is 0 Å². The molecule has 0 spiro atoms. The van der Waals surface area contributed by atoms with E-state index in [1.54, 1.807) is 29.4 Å². The van der Waals surface area contributed by atoms with Crippen LogP contribution in [0.3, 0.4) is 0 Å². The fourth-order valence-corrected chi connectivity index (χ4v) is 3.64. The topological polar surface area (TPSA) is 75.6 Å². The molecule has 0 radical (unpaired) electrons. The van der Waals surface area contributed by atoms with Gasteiger partial charge < -0.3 is 10.3 Å². The molecule has 6 nitrogen and oxygen atoms in total. The van der Waals surface area contributed by atoms with Crippen LogP contribution in [0.1, 0.15) is 32.7 Å². The minimum Gasteiger partial charge on any atom is -0.358 e. The third kappa shape index (κ3) is 3.27. The first-order valence-electron chi connectivity index (χ1n) is 8.95. The van der Waals surface area contributed by atoms with Gasteiger partial charge in [-0.2, -0.15) is 0 Å². The molecular weight excluding hydrogens is 374 g/mol. The lowest BCUT2D eigenvalue weighted by Gasteiger charge is -2.10. The van der Waals surface area contributed by atoms with E-state index >= 15 is 0 Å². The summed E-state index contributed by atoms with van der Waals surface area (Å²) >= 11 is 6.35. The number of carbonyl (C=O) groups is 1. The Kier molecular flexibility index (Phi) is 4.65. The van der Waals surface area contributed by atoms with Gasteiger partial charge in [-0.25, -0.2) is 0 Å². The maximum Gasteiger partial charge on any atom is 0.253 e. The van der Waals surface area contributed by atoms with Crippen molar-refractivity contribution >= 4 is 28.4 Å². The van der Waals surface area contributed by atoms with Crippen molar-refractivity contribution in [3.05, 3.63) is 76.0 Å². The van der Waals surface area contributed by atoms with Gasteiger partial charge in [0.1, 0.15) is 12.7 Å². The number of nitrogens with zero attached hydrogens (tertiary/aromatic N) is 3. The summed E-state index contributed by atoms with van der Waals surface area (Å²) in [5.41, 5.74) is 6.88. The Labute approximate surface area is 167 Å². The number of aromatic amines is 1. The van der Waals surface area contributed by atoms with Crippen LogP contribution >= 0.6 is 11.6 Å². The molecule has 2 aromatic heterocycles. The highest BCUT2D eigenvalue weighted by Gasteiger charge is 2.14. The van der Waals surface area contributed by atoms with Gasteiger partial charge in [-0.1, -0.05) is 23.2 Å². The van der Waals surface area contributed by atoms with E-state index in [0.29, 0.717) is 17.1 Å². The molecule has 4 aromatic rings. The Balaban J connectivity index is 1.57. The number of hydrogen-bond acceptors (Lipinski definition) is 3. The minimum atomic E-state index is -0.213. The summed E-state index contributed by atoms with van der Waals surface area (Å²) in [6.45, 7) is 6.64. The Morgan fingerprint density at radius 3 is 2.61 bits per heavy atom. The second kappa shape index (κ2) is 7.13. The lowest BCUT2D eigenvalue weighted by atomic mass is 10.0. The minimum absolute atomic E-state index is 0.213. The molecule has 1 amide bonds. The molecule has 7 heteroatoms. The summed E-state index contributed by atoms with van der Waals surface area (Å²) in [6, 6.07) is 9.51. The predicted octanol–water partition coefficient (Wildman–Crippen LogP) is 4.26. The highest BCUT2D eigenvalue weighted by Crippen LogP contribution is 2.26. The van der Waals surface area contributed by atoms with Gasteiger partial charge in [0.15, 0.2) is 0 Å². The summed E-state index contributed by atoms with van der Waals surface area (Å²) in [5, 5.41) is 12.1. The third-order valence-electron chi connectivity index (χ3n) is 5.00. The lowest BCUT2D eigenvalue weighted by Crippen LogP contribution is -2.23. The summed E-state index contributed by atoms with van der Waals surface area (Å²) in [4.78, 5) is 16.1. The third-order valence-corrected chi connectivity index (χ3v) is 5.31. The van der Waals surface area contributed by atoms with E-state index in [9.17, 15) is 4.79 Å². The smallest absolute Gasteiger partial charge is 0.253 e. The second-order valence-corrected chi connectivity index (χ2v) is 7.34. The van der Waals surface area contributed by atoms with Crippen molar-refractivity contribution in [2.45, 2.75) is 27.3 Å². The molecule has 0 aliphatic heterocycles. The van der Waals surface area contributed by atoms with Gasteiger partial charge in [-0.05, 0) is 56.2 Å². The van der Waals surface area contributed by atoms with E-state index in [4.69, 9.17) is 11.6 Å². The average molecular weight is 394 g/mol. The number of carbonyl (C=O) groups excluding carboxylic acids is 1. The van der Waals surface area contributed by atoms with Crippen molar-refractivity contribution in [1.29, 1.82) is 0 Å². The number of benzene rings is 2. The molecule has 0 atom stereocenters. The molecule has 2 heterocycles. The first kappa shape index (κ1) is 18.3.